The van der Waals surface area contributed by atoms with Crippen LogP contribution in [0.3, 0.4) is 0 Å². The number of nitrogens with two attached hydrogens (primary N) is 1. The number of allylic oxidation sites excluding steroid dienone is 8. The van der Waals surface area contributed by atoms with Crippen LogP contribution in [-0.2, 0) is 32.7 Å². The van der Waals surface area contributed by atoms with Crippen LogP contribution >= 0.6 is 7.82 Å². The first-order valence-electron chi connectivity index (χ1n) is 24.1. The molecule has 0 radical (unpaired) electrons. The van der Waals surface area contributed by atoms with Gasteiger partial charge in [0.1, 0.15) is 6.61 Å². The summed E-state index contributed by atoms with van der Waals surface area (Å²) in [5.74, 6) is -0.888. The van der Waals surface area contributed by atoms with Crippen molar-refractivity contribution in [2.24, 2.45) is 5.73 Å². The lowest BCUT2D eigenvalue weighted by Gasteiger charge is -2.19. The molecular weight excluding hydrogens is 762 g/mol. The lowest BCUT2D eigenvalue weighted by Crippen LogP contribution is -2.29. The lowest BCUT2D eigenvalue weighted by atomic mass is 10.0. The van der Waals surface area contributed by atoms with Gasteiger partial charge in [0, 0.05) is 19.4 Å². The molecule has 0 rings (SSSR count). The van der Waals surface area contributed by atoms with Gasteiger partial charge in [0.05, 0.1) is 13.2 Å². The Morgan fingerprint density at radius 2 is 0.898 bits per heavy atom. The van der Waals surface area contributed by atoms with Crippen LogP contribution in [0, 0.1) is 0 Å². The van der Waals surface area contributed by atoms with Crippen LogP contribution in [0.15, 0.2) is 48.6 Å². The second kappa shape index (κ2) is 45.5. The van der Waals surface area contributed by atoms with Crippen molar-refractivity contribution in [2.45, 2.75) is 225 Å². The third kappa shape index (κ3) is 45.3. The predicted octanol–water partition coefficient (Wildman–Crippen LogP) is 14.3. The summed E-state index contributed by atoms with van der Waals surface area (Å²) in [6.45, 7) is 3.69. The van der Waals surface area contributed by atoms with Crippen LogP contribution in [0.4, 0.5) is 0 Å². The molecule has 344 valence electrons. The van der Waals surface area contributed by atoms with Gasteiger partial charge in [-0.25, -0.2) is 4.57 Å². The summed E-state index contributed by atoms with van der Waals surface area (Å²) >= 11 is 0. The summed E-state index contributed by atoms with van der Waals surface area (Å²) in [6, 6.07) is 0. The Labute approximate surface area is 362 Å². The molecule has 9 nitrogen and oxygen atoms in total. The van der Waals surface area contributed by atoms with Crippen molar-refractivity contribution in [3.63, 3.8) is 0 Å². The maximum atomic E-state index is 12.6. The van der Waals surface area contributed by atoms with Crippen LogP contribution in [0.25, 0.3) is 0 Å². The number of phosphoric acid groups is 1. The van der Waals surface area contributed by atoms with E-state index in [1.54, 1.807) is 0 Å². The Morgan fingerprint density at radius 1 is 0.508 bits per heavy atom. The second-order valence-corrected chi connectivity index (χ2v) is 17.4. The molecular formula is C49H90NO8P. The monoisotopic (exact) mass is 852 g/mol. The van der Waals surface area contributed by atoms with E-state index in [9.17, 15) is 19.0 Å². The SMILES string of the molecule is CCCCCCCCC/C=C/C/C=C/C/C=C/C/C=C/CCCC(=O)O[C@H](COC(=O)CCCCCCCCCCCCCCCCCCC)COP(=O)(O)OCCN. The van der Waals surface area contributed by atoms with Gasteiger partial charge in [0.25, 0.3) is 0 Å². The Hall–Kier alpha value is -2.03. The number of unbranched alkanes of at least 4 members (excludes halogenated alkanes) is 24. The van der Waals surface area contributed by atoms with E-state index in [-0.39, 0.29) is 32.6 Å². The Morgan fingerprint density at radius 3 is 1.36 bits per heavy atom. The van der Waals surface area contributed by atoms with Crippen molar-refractivity contribution in [1.29, 1.82) is 0 Å². The molecule has 3 N–H and O–H groups in total. The van der Waals surface area contributed by atoms with E-state index in [4.69, 9.17) is 24.3 Å². The molecule has 0 saturated heterocycles. The van der Waals surface area contributed by atoms with Crippen molar-refractivity contribution in [2.75, 3.05) is 26.4 Å². The average molecular weight is 852 g/mol. The van der Waals surface area contributed by atoms with E-state index in [0.29, 0.717) is 12.8 Å². The van der Waals surface area contributed by atoms with E-state index >= 15 is 0 Å². The van der Waals surface area contributed by atoms with Crippen LogP contribution in [0.5, 0.6) is 0 Å². The summed E-state index contributed by atoms with van der Waals surface area (Å²) in [6.07, 6.45) is 53.0. The van der Waals surface area contributed by atoms with E-state index in [1.165, 1.54) is 141 Å². The zero-order chi connectivity index (χ0) is 43.2. The Kier molecular flexibility index (Phi) is 43.9. The minimum atomic E-state index is -4.39. The standard InChI is InChI=1S/C49H90NO8P/c1-3-5-7-9-11-13-15-17-19-21-22-23-24-26-28-30-32-34-36-38-40-42-49(52)58-47(46-57-59(53,54)56-44-43-50)45-55-48(51)41-39-37-35-33-31-29-27-25-20-18-16-14-12-10-8-6-4-2/h19,21,23-24,28,30,34,36,47H,3-18,20,22,25-27,29,31-33,35,37-46,50H2,1-2H3,(H,53,54)/b21-19+,24-23+,30-28+,36-34+/t47-/m1/s1. The van der Waals surface area contributed by atoms with Crippen molar-refractivity contribution in [1.82, 2.24) is 0 Å². The molecule has 0 heterocycles. The minimum absolute atomic E-state index is 0.0446. The number of hydrogen-bond acceptors (Lipinski definition) is 8. The van der Waals surface area contributed by atoms with Gasteiger partial charge >= 0.3 is 19.8 Å². The number of carbonyl (C=O) groups is 2. The summed E-state index contributed by atoms with van der Waals surface area (Å²) < 4.78 is 32.8. The summed E-state index contributed by atoms with van der Waals surface area (Å²) in [5.41, 5.74) is 5.35. The Bertz CT molecular complexity index is 1110. The lowest BCUT2D eigenvalue weighted by molar-refractivity contribution is -0.161. The van der Waals surface area contributed by atoms with E-state index < -0.39 is 32.5 Å². The molecule has 0 bridgehead atoms. The normalized spacial score (nSPS) is 13.6. The maximum absolute atomic E-state index is 12.6. The molecule has 0 aliphatic carbocycles. The molecule has 0 saturated carbocycles. The number of carbonyl (C=O) groups excluding carboxylic acids is 2. The highest BCUT2D eigenvalue weighted by Crippen LogP contribution is 2.43. The van der Waals surface area contributed by atoms with Gasteiger partial charge in [-0.05, 0) is 51.4 Å². The van der Waals surface area contributed by atoms with E-state index in [1.807, 2.05) is 6.08 Å². The highest BCUT2D eigenvalue weighted by molar-refractivity contribution is 7.47. The predicted molar refractivity (Wildman–Crippen MR) is 247 cm³/mol. The Balaban J connectivity index is 4.18. The third-order valence-corrected chi connectivity index (χ3v) is 11.2. The molecule has 0 aromatic heterocycles. The summed E-state index contributed by atoms with van der Waals surface area (Å²) in [4.78, 5) is 34.9. The summed E-state index contributed by atoms with van der Waals surface area (Å²) in [7, 11) is -4.39. The van der Waals surface area contributed by atoms with Gasteiger partial charge in [0.2, 0.25) is 0 Å². The van der Waals surface area contributed by atoms with Crippen LogP contribution < -0.4 is 5.73 Å². The third-order valence-electron chi connectivity index (χ3n) is 10.2. The number of ether oxygens (including phenoxy) is 2. The van der Waals surface area contributed by atoms with Gasteiger partial charge in [0.15, 0.2) is 6.10 Å². The highest BCUT2D eigenvalue weighted by atomic mass is 31.2. The summed E-state index contributed by atoms with van der Waals surface area (Å²) in [5, 5.41) is 0. The van der Waals surface area contributed by atoms with Gasteiger partial charge in [-0.1, -0.05) is 204 Å². The molecule has 59 heavy (non-hydrogen) atoms. The molecule has 0 aliphatic heterocycles. The van der Waals surface area contributed by atoms with Gasteiger partial charge in [-0.2, -0.15) is 0 Å². The highest BCUT2D eigenvalue weighted by Gasteiger charge is 2.26. The van der Waals surface area contributed by atoms with Crippen molar-refractivity contribution in [3.05, 3.63) is 48.6 Å². The molecule has 2 atom stereocenters. The van der Waals surface area contributed by atoms with Crippen LogP contribution in [0.2, 0.25) is 0 Å². The van der Waals surface area contributed by atoms with Gasteiger partial charge in [-0.15, -0.1) is 0 Å². The van der Waals surface area contributed by atoms with E-state index in [2.05, 4.69) is 56.4 Å². The topological polar surface area (TPSA) is 134 Å². The minimum Gasteiger partial charge on any atom is -0.462 e. The second-order valence-electron chi connectivity index (χ2n) is 16.0. The van der Waals surface area contributed by atoms with Crippen molar-refractivity contribution >= 4 is 19.8 Å². The van der Waals surface area contributed by atoms with E-state index in [0.717, 1.165) is 38.5 Å². The first-order valence-corrected chi connectivity index (χ1v) is 25.6. The van der Waals surface area contributed by atoms with Crippen LogP contribution in [0.1, 0.15) is 219 Å². The quantitative estimate of drug-likeness (QED) is 0.0266. The molecule has 0 amide bonds. The number of hydrogen-bond donors (Lipinski definition) is 2. The average Bonchev–Trinajstić information content (AvgIpc) is 3.22. The fraction of sp³-hybridized carbons (Fsp3) is 0.796. The van der Waals surface area contributed by atoms with Crippen molar-refractivity contribution in [3.8, 4) is 0 Å². The fourth-order valence-corrected chi connectivity index (χ4v) is 7.39. The fourth-order valence-electron chi connectivity index (χ4n) is 6.63. The first kappa shape index (κ1) is 57.0. The first-order chi connectivity index (χ1) is 28.8. The molecule has 10 heteroatoms. The van der Waals surface area contributed by atoms with Crippen LogP contribution in [-0.4, -0.2) is 49.3 Å². The molecule has 0 fully saturated rings. The largest absolute Gasteiger partial charge is 0.472 e. The molecule has 0 aliphatic rings. The van der Waals surface area contributed by atoms with Crippen molar-refractivity contribution < 1.29 is 37.6 Å². The smallest absolute Gasteiger partial charge is 0.462 e. The molecule has 0 spiro atoms. The maximum Gasteiger partial charge on any atom is 0.472 e. The molecule has 0 aromatic carbocycles. The number of rotatable bonds is 45. The number of esters is 2. The number of phosphoric ester groups is 1. The molecule has 1 unspecified atom stereocenters. The van der Waals surface area contributed by atoms with Gasteiger partial charge < -0.3 is 20.1 Å². The zero-order valence-electron chi connectivity index (χ0n) is 38.0. The van der Waals surface area contributed by atoms with Gasteiger partial charge in [-0.3, -0.25) is 18.6 Å². The molecule has 0 aromatic rings. The zero-order valence-corrected chi connectivity index (χ0v) is 38.9.